The smallest absolute Gasteiger partial charge is 0.116 e. The largest absolute Gasteiger partial charge is 0.328 e. The van der Waals surface area contributed by atoms with Crippen molar-refractivity contribution in [2.45, 2.75) is 43.8 Å². The van der Waals surface area contributed by atoms with Crippen molar-refractivity contribution in [1.82, 2.24) is 0 Å². The van der Waals surface area contributed by atoms with E-state index in [1.54, 1.807) is 0 Å². The molecule has 2 heteroatoms. The van der Waals surface area contributed by atoms with Gasteiger partial charge in [0, 0.05) is 12.5 Å². The van der Waals surface area contributed by atoms with Gasteiger partial charge in [-0.1, -0.05) is 42.5 Å². The molecular formula is C17H20FN. The van der Waals surface area contributed by atoms with Crippen LogP contribution in [0, 0.1) is 0 Å². The van der Waals surface area contributed by atoms with E-state index in [0.29, 0.717) is 19.3 Å². The van der Waals surface area contributed by atoms with Gasteiger partial charge in [0.1, 0.15) is 5.67 Å². The lowest BCUT2D eigenvalue weighted by atomic mass is 9.79. The van der Waals surface area contributed by atoms with Gasteiger partial charge in [-0.2, -0.15) is 0 Å². The summed E-state index contributed by atoms with van der Waals surface area (Å²) in [5, 5.41) is 2.35. The highest BCUT2D eigenvalue weighted by Crippen LogP contribution is 2.35. The summed E-state index contributed by atoms with van der Waals surface area (Å²) in [5.41, 5.74) is 5.92. The van der Waals surface area contributed by atoms with Crippen LogP contribution in [0.3, 0.4) is 0 Å². The van der Waals surface area contributed by atoms with E-state index in [2.05, 4.69) is 18.2 Å². The first-order chi connectivity index (χ1) is 9.16. The predicted octanol–water partition coefficient (Wildman–Crippen LogP) is 3.99. The molecule has 0 spiro atoms. The van der Waals surface area contributed by atoms with Crippen LogP contribution in [-0.4, -0.2) is 11.7 Å². The number of hydrogen-bond donors (Lipinski definition) is 1. The van der Waals surface area contributed by atoms with E-state index in [4.69, 9.17) is 5.73 Å². The molecule has 1 aliphatic rings. The minimum absolute atomic E-state index is 0.0220. The van der Waals surface area contributed by atoms with Crippen LogP contribution < -0.4 is 5.73 Å². The van der Waals surface area contributed by atoms with E-state index in [9.17, 15) is 4.39 Å². The maximum Gasteiger partial charge on any atom is 0.116 e. The molecule has 0 heterocycles. The minimum atomic E-state index is -1.12. The average Bonchev–Trinajstić information content (AvgIpc) is 2.38. The zero-order valence-corrected chi connectivity index (χ0v) is 11.1. The van der Waals surface area contributed by atoms with Crippen LogP contribution in [-0.2, 0) is 6.42 Å². The number of nitrogens with two attached hydrogens (primary N) is 1. The average molecular weight is 257 g/mol. The number of hydrogen-bond acceptors (Lipinski definition) is 1. The van der Waals surface area contributed by atoms with Crippen molar-refractivity contribution in [2.75, 3.05) is 0 Å². The number of halogens is 1. The molecule has 0 bridgehead atoms. The van der Waals surface area contributed by atoms with Gasteiger partial charge in [-0.25, -0.2) is 4.39 Å². The topological polar surface area (TPSA) is 26.0 Å². The first-order valence-corrected chi connectivity index (χ1v) is 7.07. The van der Waals surface area contributed by atoms with E-state index < -0.39 is 5.67 Å². The Labute approximate surface area is 113 Å². The third-order valence-electron chi connectivity index (χ3n) is 4.21. The standard InChI is InChI=1S/C17H20FN/c18-17(10-4-8-15(19)12-17)11-14-7-3-6-13-5-1-2-9-16(13)14/h1-3,5-7,9,15H,4,8,10-12,19H2. The van der Waals surface area contributed by atoms with Crippen LogP contribution >= 0.6 is 0 Å². The van der Waals surface area contributed by atoms with Gasteiger partial charge in [0.05, 0.1) is 0 Å². The minimum Gasteiger partial charge on any atom is -0.328 e. The lowest BCUT2D eigenvalue weighted by Gasteiger charge is -2.33. The number of rotatable bonds is 2. The lowest BCUT2D eigenvalue weighted by Crippen LogP contribution is -2.39. The summed E-state index contributed by atoms with van der Waals surface area (Å²) in [6, 6.07) is 14.4. The van der Waals surface area contributed by atoms with Crippen molar-refractivity contribution < 1.29 is 4.39 Å². The zero-order chi connectivity index (χ0) is 13.3. The third kappa shape index (κ3) is 2.64. The van der Waals surface area contributed by atoms with Gasteiger partial charge < -0.3 is 5.73 Å². The molecule has 2 atom stereocenters. The maximum absolute atomic E-state index is 15.0. The van der Waals surface area contributed by atoms with Gasteiger partial charge in [-0.15, -0.1) is 0 Å². The molecule has 2 aromatic rings. The van der Waals surface area contributed by atoms with E-state index in [1.165, 1.54) is 10.8 Å². The first-order valence-electron chi connectivity index (χ1n) is 7.07. The molecule has 0 amide bonds. The number of benzene rings is 2. The lowest BCUT2D eigenvalue weighted by molar-refractivity contribution is 0.0969. The highest BCUT2D eigenvalue weighted by molar-refractivity contribution is 5.85. The van der Waals surface area contributed by atoms with Gasteiger partial charge in [0.25, 0.3) is 0 Å². The number of alkyl halides is 1. The van der Waals surface area contributed by atoms with E-state index in [0.717, 1.165) is 18.4 Å². The molecule has 3 rings (SSSR count). The first kappa shape index (κ1) is 12.6. The second-order valence-electron chi connectivity index (χ2n) is 5.82. The predicted molar refractivity (Wildman–Crippen MR) is 77.9 cm³/mol. The molecule has 1 saturated carbocycles. The van der Waals surface area contributed by atoms with E-state index in [-0.39, 0.29) is 6.04 Å². The molecule has 2 N–H and O–H groups in total. The van der Waals surface area contributed by atoms with Gasteiger partial charge >= 0.3 is 0 Å². The van der Waals surface area contributed by atoms with Crippen molar-refractivity contribution in [3.63, 3.8) is 0 Å². The fraction of sp³-hybridized carbons (Fsp3) is 0.412. The van der Waals surface area contributed by atoms with Crippen molar-refractivity contribution in [3.05, 3.63) is 48.0 Å². The normalized spacial score (nSPS) is 27.6. The quantitative estimate of drug-likeness (QED) is 0.865. The molecule has 0 aromatic heterocycles. The Morgan fingerprint density at radius 3 is 2.79 bits per heavy atom. The second-order valence-corrected chi connectivity index (χ2v) is 5.82. The van der Waals surface area contributed by atoms with Crippen LogP contribution in [0.5, 0.6) is 0 Å². The molecule has 19 heavy (non-hydrogen) atoms. The molecule has 1 nitrogen and oxygen atoms in total. The van der Waals surface area contributed by atoms with Crippen molar-refractivity contribution >= 4 is 10.8 Å². The summed E-state index contributed by atoms with van der Waals surface area (Å²) in [4.78, 5) is 0. The van der Waals surface area contributed by atoms with Crippen LogP contribution in [0.1, 0.15) is 31.2 Å². The Morgan fingerprint density at radius 2 is 1.95 bits per heavy atom. The molecule has 100 valence electrons. The summed E-state index contributed by atoms with van der Waals surface area (Å²) >= 11 is 0. The maximum atomic E-state index is 15.0. The molecule has 1 aliphatic carbocycles. The molecule has 0 radical (unpaired) electrons. The SMILES string of the molecule is NC1CCCC(F)(Cc2cccc3ccccc23)C1. The monoisotopic (exact) mass is 257 g/mol. The zero-order valence-electron chi connectivity index (χ0n) is 11.1. The molecule has 0 saturated heterocycles. The van der Waals surface area contributed by atoms with Crippen LogP contribution in [0.2, 0.25) is 0 Å². The Morgan fingerprint density at radius 1 is 1.16 bits per heavy atom. The third-order valence-corrected chi connectivity index (χ3v) is 4.21. The summed E-state index contributed by atoms with van der Waals surface area (Å²) in [6.45, 7) is 0. The van der Waals surface area contributed by atoms with Gasteiger partial charge in [-0.05, 0) is 42.0 Å². The Bertz CT molecular complexity index is 575. The van der Waals surface area contributed by atoms with Crippen molar-refractivity contribution in [2.24, 2.45) is 5.73 Å². The molecular weight excluding hydrogens is 237 g/mol. The van der Waals surface area contributed by atoms with Crippen LogP contribution in [0.25, 0.3) is 10.8 Å². The fourth-order valence-corrected chi connectivity index (χ4v) is 3.30. The van der Waals surface area contributed by atoms with Crippen molar-refractivity contribution in [1.29, 1.82) is 0 Å². The fourth-order valence-electron chi connectivity index (χ4n) is 3.30. The number of fused-ring (bicyclic) bond motifs is 1. The van der Waals surface area contributed by atoms with Crippen molar-refractivity contribution in [3.8, 4) is 0 Å². The van der Waals surface area contributed by atoms with Gasteiger partial charge in [-0.3, -0.25) is 0 Å². The highest BCUT2D eigenvalue weighted by Gasteiger charge is 2.35. The summed E-state index contributed by atoms with van der Waals surface area (Å²) < 4.78 is 15.0. The van der Waals surface area contributed by atoms with Gasteiger partial charge in [0.2, 0.25) is 0 Å². The van der Waals surface area contributed by atoms with E-state index >= 15 is 0 Å². The van der Waals surface area contributed by atoms with Gasteiger partial charge in [0.15, 0.2) is 0 Å². The summed E-state index contributed by atoms with van der Waals surface area (Å²) in [7, 11) is 0. The summed E-state index contributed by atoms with van der Waals surface area (Å²) in [6.07, 6.45) is 3.49. The summed E-state index contributed by atoms with van der Waals surface area (Å²) in [5.74, 6) is 0. The molecule has 2 unspecified atom stereocenters. The Kier molecular flexibility index (Phi) is 3.28. The molecule has 1 fully saturated rings. The van der Waals surface area contributed by atoms with Crippen LogP contribution in [0.4, 0.5) is 4.39 Å². The van der Waals surface area contributed by atoms with E-state index in [1.807, 2.05) is 24.3 Å². The molecule has 0 aliphatic heterocycles. The Hall–Kier alpha value is -1.41. The Balaban J connectivity index is 1.92. The molecule has 2 aromatic carbocycles. The van der Waals surface area contributed by atoms with Crippen LogP contribution in [0.15, 0.2) is 42.5 Å². The second kappa shape index (κ2) is 4.93. The highest BCUT2D eigenvalue weighted by atomic mass is 19.1.